The summed E-state index contributed by atoms with van der Waals surface area (Å²) in [5.74, 6) is -1.64. The molecule has 4 heteroatoms. The maximum Gasteiger partial charge on any atom is 0.337 e. The summed E-state index contributed by atoms with van der Waals surface area (Å²) >= 11 is 0. The fraction of sp³-hybridized carbons (Fsp3) is 0.462. The van der Waals surface area contributed by atoms with E-state index in [9.17, 15) is 9.18 Å². The van der Waals surface area contributed by atoms with Crippen LogP contribution in [0, 0.1) is 5.82 Å². The average molecular weight is 239 g/mol. The second kappa shape index (κ2) is 6.89. The Kier molecular flexibility index (Phi) is 5.46. The number of carbonyl (C=O) groups is 1. The first-order chi connectivity index (χ1) is 8.15. The van der Waals surface area contributed by atoms with Gasteiger partial charge in [0.25, 0.3) is 0 Å². The molecule has 0 aromatic heterocycles. The van der Waals surface area contributed by atoms with Crippen LogP contribution in [0.1, 0.15) is 43.0 Å². The number of anilines is 1. The Morgan fingerprint density at radius 1 is 1.35 bits per heavy atom. The van der Waals surface area contributed by atoms with Crippen molar-refractivity contribution in [3.63, 3.8) is 0 Å². The number of unbranched alkanes of at least 4 members (excludes halogenated alkanes) is 3. The van der Waals surface area contributed by atoms with Crippen molar-refractivity contribution in [2.75, 3.05) is 11.9 Å². The molecule has 0 fully saturated rings. The number of benzene rings is 1. The van der Waals surface area contributed by atoms with Crippen LogP contribution >= 0.6 is 0 Å². The molecule has 1 rings (SSSR count). The number of hydrogen-bond donors (Lipinski definition) is 2. The van der Waals surface area contributed by atoms with Crippen LogP contribution in [-0.4, -0.2) is 17.6 Å². The number of halogens is 1. The van der Waals surface area contributed by atoms with Gasteiger partial charge >= 0.3 is 5.97 Å². The molecule has 0 spiro atoms. The lowest BCUT2D eigenvalue weighted by Crippen LogP contribution is -2.08. The van der Waals surface area contributed by atoms with E-state index in [0.717, 1.165) is 25.3 Å². The summed E-state index contributed by atoms with van der Waals surface area (Å²) in [4.78, 5) is 10.9. The summed E-state index contributed by atoms with van der Waals surface area (Å²) in [6, 6.07) is 3.77. The summed E-state index contributed by atoms with van der Waals surface area (Å²) in [5.41, 5.74) is 0.468. The van der Waals surface area contributed by atoms with Gasteiger partial charge in [0.1, 0.15) is 5.82 Å². The van der Waals surface area contributed by atoms with Crippen LogP contribution < -0.4 is 5.32 Å². The molecule has 1 aromatic rings. The highest BCUT2D eigenvalue weighted by molar-refractivity contribution is 5.94. The molecule has 0 aliphatic carbocycles. The lowest BCUT2D eigenvalue weighted by molar-refractivity contribution is 0.0697. The number of carboxylic acids is 1. The van der Waals surface area contributed by atoms with Crippen LogP contribution in [0.2, 0.25) is 0 Å². The molecular formula is C13H18FNO2. The fourth-order valence-electron chi connectivity index (χ4n) is 1.62. The number of aromatic carboxylic acids is 1. The number of hydrogen-bond acceptors (Lipinski definition) is 2. The van der Waals surface area contributed by atoms with Gasteiger partial charge in [0.15, 0.2) is 0 Å². The molecule has 0 bridgehead atoms. The SMILES string of the molecule is CCCCCCNc1ccc(F)cc1C(=O)O. The lowest BCUT2D eigenvalue weighted by Gasteiger charge is -2.09. The van der Waals surface area contributed by atoms with Gasteiger partial charge in [-0.05, 0) is 24.6 Å². The van der Waals surface area contributed by atoms with Crippen molar-refractivity contribution in [2.45, 2.75) is 32.6 Å². The maximum absolute atomic E-state index is 12.9. The molecule has 0 aliphatic rings. The lowest BCUT2D eigenvalue weighted by atomic mass is 10.1. The van der Waals surface area contributed by atoms with Gasteiger partial charge in [-0.2, -0.15) is 0 Å². The molecule has 0 amide bonds. The van der Waals surface area contributed by atoms with E-state index in [1.165, 1.54) is 18.6 Å². The highest BCUT2D eigenvalue weighted by atomic mass is 19.1. The van der Waals surface area contributed by atoms with Crippen molar-refractivity contribution in [3.8, 4) is 0 Å². The molecule has 0 atom stereocenters. The van der Waals surface area contributed by atoms with Gasteiger partial charge in [-0.1, -0.05) is 26.2 Å². The number of nitrogens with one attached hydrogen (secondary N) is 1. The second-order valence-electron chi connectivity index (χ2n) is 3.98. The standard InChI is InChI=1S/C13H18FNO2/c1-2-3-4-5-8-15-12-7-6-10(14)9-11(12)13(16)17/h6-7,9,15H,2-5,8H2,1H3,(H,16,17). The summed E-state index contributed by atoms with van der Waals surface area (Å²) in [5, 5.41) is 12.0. The third-order valence-electron chi connectivity index (χ3n) is 2.56. The predicted molar refractivity (Wildman–Crippen MR) is 66.0 cm³/mol. The zero-order valence-electron chi connectivity index (χ0n) is 10.0. The molecule has 2 N–H and O–H groups in total. The molecule has 3 nitrogen and oxygen atoms in total. The quantitative estimate of drug-likeness (QED) is 0.716. The Morgan fingerprint density at radius 2 is 2.12 bits per heavy atom. The third-order valence-corrected chi connectivity index (χ3v) is 2.56. The fourth-order valence-corrected chi connectivity index (χ4v) is 1.62. The minimum atomic E-state index is -1.11. The van der Waals surface area contributed by atoms with Gasteiger partial charge in [-0.15, -0.1) is 0 Å². The van der Waals surface area contributed by atoms with Gasteiger partial charge < -0.3 is 10.4 Å². The first kappa shape index (κ1) is 13.5. The largest absolute Gasteiger partial charge is 0.478 e. The number of rotatable bonds is 7. The van der Waals surface area contributed by atoms with Crippen molar-refractivity contribution < 1.29 is 14.3 Å². The van der Waals surface area contributed by atoms with Gasteiger partial charge in [0, 0.05) is 12.2 Å². The van der Waals surface area contributed by atoms with E-state index >= 15 is 0 Å². The number of carboxylic acid groups (broad SMARTS) is 1. The molecule has 17 heavy (non-hydrogen) atoms. The zero-order valence-corrected chi connectivity index (χ0v) is 10.0. The minimum absolute atomic E-state index is 0.0134. The van der Waals surface area contributed by atoms with E-state index in [-0.39, 0.29) is 5.56 Å². The van der Waals surface area contributed by atoms with E-state index in [1.54, 1.807) is 0 Å². The van der Waals surface area contributed by atoms with Crippen molar-refractivity contribution in [1.82, 2.24) is 0 Å². The third kappa shape index (κ3) is 4.43. The summed E-state index contributed by atoms with van der Waals surface area (Å²) in [6.07, 6.45) is 4.45. The maximum atomic E-state index is 12.9. The van der Waals surface area contributed by atoms with E-state index in [0.29, 0.717) is 12.2 Å². The highest BCUT2D eigenvalue weighted by Crippen LogP contribution is 2.17. The Morgan fingerprint density at radius 3 is 2.76 bits per heavy atom. The minimum Gasteiger partial charge on any atom is -0.478 e. The highest BCUT2D eigenvalue weighted by Gasteiger charge is 2.10. The van der Waals surface area contributed by atoms with Crippen molar-refractivity contribution in [2.24, 2.45) is 0 Å². The average Bonchev–Trinajstić information content (AvgIpc) is 2.30. The first-order valence-electron chi connectivity index (χ1n) is 5.92. The van der Waals surface area contributed by atoms with Gasteiger partial charge in [-0.25, -0.2) is 9.18 Å². The van der Waals surface area contributed by atoms with Gasteiger partial charge in [-0.3, -0.25) is 0 Å². The predicted octanol–water partition coefficient (Wildman–Crippen LogP) is 3.52. The molecule has 0 saturated heterocycles. The van der Waals surface area contributed by atoms with Crippen molar-refractivity contribution in [3.05, 3.63) is 29.6 Å². The molecule has 94 valence electrons. The van der Waals surface area contributed by atoms with Crippen LogP contribution in [0.15, 0.2) is 18.2 Å². The zero-order chi connectivity index (χ0) is 12.7. The van der Waals surface area contributed by atoms with E-state index in [4.69, 9.17) is 5.11 Å². The Balaban J connectivity index is 2.55. The van der Waals surface area contributed by atoms with Crippen LogP contribution in [0.5, 0.6) is 0 Å². The van der Waals surface area contributed by atoms with Crippen LogP contribution in [0.3, 0.4) is 0 Å². The van der Waals surface area contributed by atoms with Gasteiger partial charge in [0.05, 0.1) is 5.56 Å². The summed E-state index contributed by atoms with van der Waals surface area (Å²) in [6.45, 7) is 2.85. The molecule has 0 radical (unpaired) electrons. The molecule has 0 aliphatic heterocycles. The summed E-state index contributed by atoms with van der Waals surface area (Å²) < 4.78 is 12.9. The Bertz CT molecular complexity index is 380. The van der Waals surface area contributed by atoms with Gasteiger partial charge in [0.2, 0.25) is 0 Å². The van der Waals surface area contributed by atoms with E-state index < -0.39 is 11.8 Å². The Labute approximate surface area is 101 Å². The monoisotopic (exact) mass is 239 g/mol. The molecule has 1 aromatic carbocycles. The molecular weight excluding hydrogens is 221 g/mol. The first-order valence-corrected chi connectivity index (χ1v) is 5.92. The smallest absolute Gasteiger partial charge is 0.337 e. The summed E-state index contributed by atoms with van der Waals surface area (Å²) in [7, 11) is 0. The normalized spacial score (nSPS) is 10.2. The molecule has 0 unspecified atom stereocenters. The van der Waals surface area contributed by atoms with E-state index in [2.05, 4.69) is 12.2 Å². The molecule has 0 heterocycles. The van der Waals surface area contributed by atoms with Crippen molar-refractivity contribution in [1.29, 1.82) is 0 Å². The molecule has 0 saturated carbocycles. The Hall–Kier alpha value is -1.58. The topological polar surface area (TPSA) is 49.3 Å². The van der Waals surface area contributed by atoms with E-state index in [1.807, 2.05) is 0 Å². The van der Waals surface area contributed by atoms with Crippen LogP contribution in [0.25, 0.3) is 0 Å². The van der Waals surface area contributed by atoms with Crippen molar-refractivity contribution >= 4 is 11.7 Å². The van der Waals surface area contributed by atoms with Crippen LogP contribution in [-0.2, 0) is 0 Å². The second-order valence-corrected chi connectivity index (χ2v) is 3.98. The van der Waals surface area contributed by atoms with Crippen LogP contribution in [0.4, 0.5) is 10.1 Å².